The maximum Gasteiger partial charge on any atom is 0.310 e. The Bertz CT molecular complexity index is 419. The van der Waals surface area contributed by atoms with Crippen molar-refractivity contribution < 1.29 is 14.3 Å². The van der Waals surface area contributed by atoms with Crippen LogP contribution in [-0.4, -0.2) is 19.2 Å². The molecule has 0 unspecified atom stereocenters. The maximum absolute atomic E-state index is 11.5. The molecule has 0 saturated carbocycles. The van der Waals surface area contributed by atoms with E-state index in [4.69, 9.17) is 32.7 Å². The highest BCUT2D eigenvalue weighted by Crippen LogP contribution is 2.31. The first kappa shape index (κ1) is 15.1. The van der Waals surface area contributed by atoms with Crippen molar-refractivity contribution in [1.29, 1.82) is 0 Å². The van der Waals surface area contributed by atoms with Gasteiger partial charge in [-0.3, -0.25) is 4.79 Å². The van der Waals surface area contributed by atoms with Gasteiger partial charge >= 0.3 is 5.97 Å². The molecule has 3 nitrogen and oxygen atoms in total. The first-order valence-corrected chi connectivity index (χ1v) is 6.60. The predicted octanol–water partition coefficient (Wildman–Crippen LogP) is 3.89. The first-order chi connectivity index (χ1) is 8.58. The standard InChI is InChI=1S/C13H16Cl2O3/c1-3-5-18-12-8-11(15)10(14)6-9(12)7-13(16)17-4-2/h6,8H,3-5,7H2,1-2H3. The highest BCUT2D eigenvalue weighted by molar-refractivity contribution is 6.42. The normalized spacial score (nSPS) is 10.2. The molecule has 0 N–H and O–H groups in total. The number of carbonyl (C=O) groups is 1. The molecule has 0 saturated heterocycles. The lowest BCUT2D eigenvalue weighted by Crippen LogP contribution is -2.09. The summed E-state index contributed by atoms with van der Waals surface area (Å²) in [5.74, 6) is 0.275. The van der Waals surface area contributed by atoms with Gasteiger partial charge in [-0.15, -0.1) is 0 Å². The van der Waals surface area contributed by atoms with E-state index >= 15 is 0 Å². The molecule has 0 bridgehead atoms. The zero-order valence-electron chi connectivity index (χ0n) is 10.5. The number of rotatable bonds is 6. The minimum atomic E-state index is -0.308. The molecule has 0 fully saturated rings. The number of hydrogen-bond donors (Lipinski definition) is 0. The monoisotopic (exact) mass is 290 g/mol. The summed E-state index contributed by atoms with van der Waals surface area (Å²) in [5.41, 5.74) is 0.691. The topological polar surface area (TPSA) is 35.5 Å². The van der Waals surface area contributed by atoms with Gasteiger partial charge < -0.3 is 9.47 Å². The summed E-state index contributed by atoms with van der Waals surface area (Å²) in [7, 11) is 0. The van der Waals surface area contributed by atoms with E-state index in [1.165, 1.54) is 0 Å². The lowest BCUT2D eigenvalue weighted by molar-refractivity contribution is -0.142. The van der Waals surface area contributed by atoms with Crippen LogP contribution in [0.1, 0.15) is 25.8 Å². The van der Waals surface area contributed by atoms with Gasteiger partial charge in [0.05, 0.1) is 29.7 Å². The van der Waals surface area contributed by atoms with Crippen LogP contribution in [0.4, 0.5) is 0 Å². The van der Waals surface area contributed by atoms with E-state index in [0.29, 0.717) is 34.6 Å². The molecule has 0 spiro atoms. The van der Waals surface area contributed by atoms with Crippen molar-refractivity contribution >= 4 is 29.2 Å². The average Bonchev–Trinajstić information content (AvgIpc) is 2.32. The van der Waals surface area contributed by atoms with Crippen LogP contribution in [-0.2, 0) is 16.0 Å². The van der Waals surface area contributed by atoms with Crippen molar-refractivity contribution in [2.45, 2.75) is 26.7 Å². The summed E-state index contributed by atoms with van der Waals surface area (Å²) in [6, 6.07) is 3.28. The molecule has 0 aromatic heterocycles. The Morgan fingerprint density at radius 2 is 1.89 bits per heavy atom. The van der Waals surface area contributed by atoms with E-state index in [9.17, 15) is 4.79 Å². The molecule has 5 heteroatoms. The van der Waals surface area contributed by atoms with Crippen LogP contribution >= 0.6 is 23.2 Å². The van der Waals surface area contributed by atoms with Gasteiger partial charge in [-0.2, -0.15) is 0 Å². The Kier molecular flexibility index (Phi) is 6.30. The molecule has 0 aliphatic heterocycles. The SMILES string of the molecule is CCCOc1cc(Cl)c(Cl)cc1CC(=O)OCC. The van der Waals surface area contributed by atoms with Crippen molar-refractivity contribution in [3.05, 3.63) is 27.7 Å². The zero-order chi connectivity index (χ0) is 13.5. The third-order valence-corrected chi connectivity index (χ3v) is 2.93. The molecule has 0 radical (unpaired) electrons. The summed E-state index contributed by atoms with van der Waals surface area (Å²) < 4.78 is 10.5. The zero-order valence-corrected chi connectivity index (χ0v) is 12.0. The number of benzene rings is 1. The van der Waals surface area contributed by atoms with Gasteiger partial charge in [0.15, 0.2) is 0 Å². The highest BCUT2D eigenvalue weighted by Gasteiger charge is 2.13. The molecule has 18 heavy (non-hydrogen) atoms. The molecule has 0 aliphatic rings. The van der Waals surface area contributed by atoms with Crippen molar-refractivity contribution in [2.24, 2.45) is 0 Å². The van der Waals surface area contributed by atoms with Crippen LogP contribution < -0.4 is 4.74 Å². The second kappa shape index (κ2) is 7.49. The highest BCUT2D eigenvalue weighted by atomic mass is 35.5. The van der Waals surface area contributed by atoms with Crippen molar-refractivity contribution in [3.63, 3.8) is 0 Å². The van der Waals surface area contributed by atoms with Crippen molar-refractivity contribution in [3.8, 4) is 5.75 Å². The number of esters is 1. The van der Waals surface area contributed by atoms with Crippen LogP contribution in [0.15, 0.2) is 12.1 Å². The quantitative estimate of drug-likeness (QED) is 0.746. The predicted molar refractivity (Wildman–Crippen MR) is 72.6 cm³/mol. The number of carbonyl (C=O) groups excluding carboxylic acids is 1. The van der Waals surface area contributed by atoms with Gasteiger partial charge in [0, 0.05) is 11.6 Å². The Hall–Kier alpha value is -0.930. The molecule has 1 aromatic carbocycles. The molecule has 0 aliphatic carbocycles. The maximum atomic E-state index is 11.5. The third-order valence-electron chi connectivity index (χ3n) is 2.21. The van der Waals surface area contributed by atoms with Crippen LogP contribution in [0.2, 0.25) is 10.0 Å². The second-order valence-corrected chi connectivity index (χ2v) is 4.52. The van der Waals surface area contributed by atoms with E-state index in [2.05, 4.69) is 0 Å². The number of ether oxygens (including phenoxy) is 2. The van der Waals surface area contributed by atoms with Gasteiger partial charge in [-0.05, 0) is 19.4 Å². The minimum Gasteiger partial charge on any atom is -0.493 e. The Labute approximate surface area is 117 Å². The van der Waals surface area contributed by atoms with E-state index in [1.807, 2.05) is 6.92 Å². The van der Waals surface area contributed by atoms with Gasteiger partial charge in [0.1, 0.15) is 5.75 Å². The first-order valence-electron chi connectivity index (χ1n) is 5.84. The average molecular weight is 291 g/mol. The van der Waals surface area contributed by atoms with Crippen molar-refractivity contribution in [2.75, 3.05) is 13.2 Å². The molecule has 0 atom stereocenters. The van der Waals surface area contributed by atoms with Crippen molar-refractivity contribution in [1.82, 2.24) is 0 Å². The largest absolute Gasteiger partial charge is 0.493 e. The molecule has 0 heterocycles. The Morgan fingerprint density at radius 1 is 1.22 bits per heavy atom. The van der Waals surface area contributed by atoms with E-state index in [-0.39, 0.29) is 12.4 Å². The van der Waals surface area contributed by atoms with Gasteiger partial charge in [0.2, 0.25) is 0 Å². The smallest absolute Gasteiger partial charge is 0.310 e. The van der Waals surface area contributed by atoms with Crippen LogP contribution in [0, 0.1) is 0 Å². The van der Waals surface area contributed by atoms with Gasteiger partial charge in [-0.1, -0.05) is 30.1 Å². The lowest BCUT2D eigenvalue weighted by Gasteiger charge is -2.12. The summed E-state index contributed by atoms with van der Waals surface area (Å²) in [6.07, 6.45) is 1.00. The fraction of sp³-hybridized carbons (Fsp3) is 0.462. The van der Waals surface area contributed by atoms with E-state index in [0.717, 1.165) is 6.42 Å². The molecular formula is C13H16Cl2O3. The molecule has 100 valence electrons. The summed E-state index contributed by atoms with van der Waals surface area (Å²) in [6.45, 7) is 4.68. The van der Waals surface area contributed by atoms with E-state index < -0.39 is 0 Å². The summed E-state index contributed by atoms with van der Waals surface area (Å²) in [4.78, 5) is 11.5. The van der Waals surface area contributed by atoms with Crippen LogP contribution in [0.3, 0.4) is 0 Å². The third kappa shape index (κ3) is 4.39. The molecule has 0 amide bonds. The molecule has 1 aromatic rings. The van der Waals surface area contributed by atoms with Gasteiger partial charge in [0.25, 0.3) is 0 Å². The Balaban J connectivity index is 2.92. The Morgan fingerprint density at radius 3 is 2.50 bits per heavy atom. The summed E-state index contributed by atoms with van der Waals surface area (Å²) in [5, 5.41) is 0.815. The lowest BCUT2D eigenvalue weighted by atomic mass is 10.1. The number of hydrogen-bond acceptors (Lipinski definition) is 3. The van der Waals surface area contributed by atoms with Crippen LogP contribution in [0.5, 0.6) is 5.75 Å². The molecule has 1 rings (SSSR count). The second-order valence-electron chi connectivity index (χ2n) is 3.70. The minimum absolute atomic E-state index is 0.129. The van der Waals surface area contributed by atoms with Gasteiger partial charge in [-0.25, -0.2) is 0 Å². The van der Waals surface area contributed by atoms with E-state index in [1.54, 1.807) is 19.1 Å². The van der Waals surface area contributed by atoms with Crippen LogP contribution in [0.25, 0.3) is 0 Å². The molecular weight excluding hydrogens is 275 g/mol. The fourth-order valence-corrected chi connectivity index (χ4v) is 1.76. The summed E-state index contributed by atoms with van der Waals surface area (Å²) >= 11 is 11.9. The fourth-order valence-electron chi connectivity index (χ4n) is 1.42. The number of halogens is 2.